The fourth-order valence-electron chi connectivity index (χ4n) is 4.52. The number of benzene rings is 4. The Bertz CT molecular complexity index is 1430. The smallest absolute Gasteiger partial charge is 0.258 e. The molecule has 152 valence electrons. The van der Waals surface area contributed by atoms with E-state index in [2.05, 4.69) is 53.5 Å². The fraction of sp³-hybridized carbons (Fsp3) is 0.148. The number of nitro benzene ring substituents is 1. The van der Waals surface area contributed by atoms with Gasteiger partial charge in [0.2, 0.25) is 0 Å². The van der Waals surface area contributed by atoms with Gasteiger partial charge in [0.05, 0.1) is 10.4 Å². The van der Waals surface area contributed by atoms with Crippen LogP contribution in [0.4, 0.5) is 5.69 Å². The van der Waals surface area contributed by atoms with E-state index in [1.165, 1.54) is 59.4 Å². The summed E-state index contributed by atoms with van der Waals surface area (Å²) >= 11 is 0. The van der Waals surface area contributed by atoms with Crippen molar-refractivity contribution in [3.63, 3.8) is 0 Å². The molecular formula is C27H22N2O2. The fourth-order valence-corrected chi connectivity index (χ4v) is 4.52. The number of fused-ring (bicyclic) bond motifs is 6. The number of hydrogen-bond acceptors (Lipinski definition) is 3. The van der Waals surface area contributed by atoms with Gasteiger partial charge in [-0.2, -0.15) is 0 Å². The molecule has 0 unspecified atom stereocenters. The van der Waals surface area contributed by atoms with Gasteiger partial charge in [-0.25, -0.2) is 0 Å². The van der Waals surface area contributed by atoms with Crippen molar-refractivity contribution >= 4 is 38.1 Å². The van der Waals surface area contributed by atoms with E-state index in [1.807, 2.05) is 0 Å². The Morgan fingerprint density at radius 3 is 2.45 bits per heavy atom. The van der Waals surface area contributed by atoms with Crippen molar-refractivity contribution in [1.82, 2.24) is 4.98 Å². The minimum absolute atomic E-state index is 0.0977. The number of hydrogen-bond donors (Lipinski definition) is 0. The van der Waals surface area contributed by atoms with E-state index >= 15 is 0 Å². The van der Waals surface area contributed by atoms with E-state index < -0.39 is 4.92 Å². The van der Waals surface area contributed by atoms with Crippen molar-refractivity contribution in [2.75, 3.05) is 0 Å². The van der Waals surface area contributed by atoms with Crippen molar-refractivity contribution in [3.8, 4) is 0 Å². The second-order valence-corrected chi connectivity index (χ2v) is 7.93. The topological polar surface area (TPSA) is 56.0 Å². The molecule has 1 aromatic heterocycles. The van der Waals surface area contributed by atoms with Crippen LogP contribution in [0.25, 0.3) is 32.4 Å². The lowest BCUT2D eigenvalue weighted by Crippen LogP contribution is -2.02. The van der Waals surface area contributed by atoms with Gasteiger partial charge in [-0.1, -0.05) is 54.6 Å². The van der Waals surface area contributed by atoms with Gasteiger partial charge < -0.3 is 0 Å². The maximum absolute atomic E-state index is 10.4. The molecule has 1 heterocycles. The van der Waals surface area contributed by atoms with E-state index in [1.54, 1.807) is 35.5 Å². The highest BCUT2D eigenvalue weighted by Crippen LogP contribution is 2.33. The SMILES string of the molecule is O=[N+]([O-])c1ccc2ncccc2c1.c1ccc2c(c1)ccc1c3c(ccc12)CCCC3. The third-order valence-electron chi connectivity index (χ3n) is 6.05. The molecule has 0 aliphatic heterocycles. The Hall–Kier alpha value is -3.79. The first-order chi connectivity index (χ1) is 15.2. The molecule has 0 saturated carbocycles. The van der Waals surface area contributed by atoms with Crippen molar-refractivity contribution in [3.05, 3.63) is 106 Å². The molecule has 1 aliphatic rings. The summed E-state index contributed by atoms with van der Waals surface area (Å²) in [6.45, 7) is 0. The van der Waals surface area contributed by atoms with E-state index in [9.17, 15) is 10.1 Å². The van der Waals surface area contributed by atoms with Gasteiger partial charge in [0, 0.05) is 23.7 Å². The number of non-ortho nitro benzene ring substituents is 1. The number of nitro groups is 1. The van der Waals surface area contributed by atoms with Gasteiger partial charge in [0.25, 0.3) is 5.69 Å². The van der Waals surface area contributed by atoms with Gasteiger partial charge in [-0.05, 0) is 70.5 Å². The Labute approximate surface area is 180 Å². The molecule has 0 saturated heterocycles. The molecule has 1 aliphatic carbocycles. The summed E-state index contributed by atoms with van der Waals surface area (Å²) in [5, 5.41) is 16.9. The van der Waals surface area contributed by atoms with E-state index in [4.69, 9.17) is 0 Å². The maximum Gasteiger partial charge on any atom is 0.270 e. The normalized spacial score (nSPS) is 12.9. The molecule has 4 aromatic carbocycles. The molecule has 0 amide bonds. The summed E-state index contributed by atoms with van der Waals surface area (Å²) in [7, 11) is 0. The van der Waals surface area contributed by atoms with Crippen LogP contribution >= 0.6 is 0 Å². The molecule has 0 bridgehead atoms. The molecule has 0 radical (unpaired) electrons. The summed E-state index contributed by atoms with van der Waals surface area (Å²) in [4.78, 5) is 14.1. The second kappa shape index (κ2) is 8.15. The average Bonchev–Trinajstić information content (AvgIpc) is 2.83. The van der Waals surface area contributed by atoms with Crippen LogP contribution in [0, 0.1) is 10.1 Å². The first-order valence-corrected chi connectivity index (χ1v) is 10.6. The summed E-state index contributed by atoms with van der Waals surface area (Å²) in [6.07, 6.45) is 6.88. The molecule has 0 fully saturated rings. The highest BCUT2D eigenvalue weighted by Gasteiger charge is 2.13. The molecule has 4 heteroatoms. The van der Waals surface area contributed by atoms with Gasteiger partial charge >= 0.3 is 0 Å². The van der Waals surface area contributed by atoms with E-state index in [0.717, 1.165) is 10.9 Å². The molecule has 6 rings (SSSR count). The number of aromatic nitrogens is 1. The van der Waals surface area contributed by atoms with Crippen molar-refractivity contribution in [2.45, 2.75) is 25.7 Å². The van der Waals surface area contributed by atoms with Crippen LogP contribution in [0.2, 0.25) is 0 Å². The van der Waals surface area contributed by atoms with Crippen LogP contribution in [0.15, 0.2) is 85.1 Å². The zero-order valence-electron chi connectivity index (χ0n) is 17.1. The largest absolute Gasteiger partial charge is 0.270 e. The van der Waals surface area contributed by atoms with Crippen molar-refractivity contribution in [2.24, 2.45) is 0 Å². The number of pyridine rings is 1. The van der Waals surface area contributed by atoms with Crippen LogP contribution < -0.4 is 0 Å². The molecule has 5 aromatic rings. The zero-order valence-corrected chi connectivity index (χ0v) is 17.1. The Morgan fingerprint density at radius 2 is 1.55 bits per heavy atom. The standard InChI is InChI=1S/C18H16.C9H6N2O2/c1-3-7-15-13(5-1)9-11-18-16-8-4-2-6-14(16)10-12-17(15)18;12-11(13)8-3-4-9-7(6-8)2-1-5-10-9/h1,3,5,7,9-12H,2,4,6,8H2;1-6H. The van der Waals surface area contributed by atoms with Gasteiger partial charge in [0.1, 0.15) is 0 Å². The molecule has 0 N–H and O–H groups in total. The molecule has 31 heavy (non-hydrogen) atoms. The lowest BCUT2D eigenvalue weighted by Gasteiger charge is -2.18. The summed E-state index contributed by atoms with van der Waals surface area (Å²) in [6, 6.07) is 26.1. The average molecular weight is 406 g/mol. The highest BCUT2D eigenvalue weighted by atomic mass is 16.6. The second-order valence-electron chi connectivity index (χ2n) is 7.93. The van der Waals surface area contributed by atoms with Crippen LogP contribution in [0.1, 0.15) is 24.0 Å². The quantitative estimate of drug-likeness (QED) is 0.171. The van der Waals surface area contributed by atoms with Crippen molar-refractivity contribution < 1.29 is 4.92 Å². The Morgan fingerprint density at radius 1 is 0.742 bits per heavy atom. The first-order valence-electron chi connectivity index (χ1n) is 10.6. The van der Waals surface area contributed by atoms with Gasteiger partial charge in [0.15, 0.2) is 0 Å². The van der Waals surface area contributed by atoms with Crippen LogP contribution in [0.3, 0.4) is 0 Å². The molecule has 4 nitrogen and oxygen atoms in total. The molecule has 0 atom stereocenters. The predicted molar refractivity (Wildman–Crippen MR) is 126 cm³/mol. The third-order valence-corrected chi connectivity index (χ3v) is 6.05. The van der Waals surface area contributed by atoms with Gasteiger partial charge in [-0.15, -0.1) is 0 Å². The number of nitrogens with zero attached hydrogens (tertiary/aromatic N) is 2. The predicted octanol–water partition coefficient (Wildman–Crippen LogP) is 7.01. The molecule has 0 spiro atoms. The minimum atomic E-state index is -0.410. The van der Waals surface area contributed by atoms with E-state index in [0.29, 0.717) is 0 Å². The minimum Gasteiger partial charge on any atom is -0.258 e. The monoisotopic (exact) mass is 406 g/mol. The van der Waals surface area contributed by atoms with Gasteiger partial charge in [-0.3, -0.25) is 15.1 Å². The lowest BCUT2D eigenvalue weighted by atomic mass is 9.86. The first kappa shape index (κ1) is 19.2. The summed E-state index contributed by atoms with van der Waals surface area (Å²) < 4.78 is 0. The number of aryl methyl sites for hydroxylation is 2. The summed E-state index contributed by atoms with van der Waals surface area (Å²) in [5.74, 6) is 0. The zero-order chi connectivity index (χ0) is 21.2. The lowest BCUT2D eigenvalue weighted by molar-refractivity contribution is -0.384. The van der Waals surface area contributed by atoms with Crippen LogP contribution in [0.5, 0.6) is 0 Å². The highest BCUT2D eigenvalue weighted by molar-refractivity contribution is 6.08. The molecular weight excluding hydrogens is 384 g/mol. The third kappa shape index (κ3) is 3.73. The van der Waals surface area contributed by atoms with Crippen LogP contribution in [-0.4, -0.2) is 9.91 Å². The van der Waals surface area contributed by atoms with Crippen LogP contribution in [-0.2, 0) is 12.8 Å². The Kier molecular flexibility index (Phi) is 5.04. The van der Waals surface area contributed by atoms with Crippen molar-refractivity contribution in [1.29, 1.82) is 0 Å². The summed E-state index contributed by atoms with van der Waals surface area (Å²) in [5.41, 5.74) is 4.04. The maximum atomic E-state index is 10.4. The Balaban J connectivity index is 0.000000140. The van der Waals surface area contributed by atoms with E-state index in [-0.39, 0.29) is 5.69 Å². The number of rotatable bonds is 1.